The van der Waals surface area contributed by atoms with Gasteiger partial charge in [-0.05, 0) is 34.8 Å². The Balaban J connectivity index is 2.24. The summed E-state index contributed by atoms with van der Waals surface area (Å²) in [6.07, 6.45) is 3.42. The zero-order chi connectivity index (χ0) is 10.8. The van der Waals surface area contributed by atoms with E-state index in [9.17, 15) is 9.18 Å². The highest BCUT2D eigenvalue weighted by molar-refractivity contribution is 9.10. The van der Waals surface area contributed by atoms with Gasteiger partial charge < -0.3 is 4.90 Å². The molecule has 1 aromatic rings. The number of carbonyl (C=O) groups is 1. The van der Waals surface area contributed by atoms with Crippen LogP contribution in [0.1, 0.15) is 23.3 Å². The molecule has 0 spiro atoms. The van der Waals surface area contributed by atoms with Crippen LogP contribution >= 0.6 is 15.9 Å². The third-order valence-corrected chi connectivity index (χ3v) is 2.84. The molecule has 1 aromatic heterocycles. The van der Waals surface area contributed by atoms with Crippen molar-refractivity contribution in [3.8, 4) is 0 Å². The monoisotopic (exact) mass is 272 g/mol. The van der Waals surface area contributed by atoms with Gasteiger partial charge in [-0.3, -0.25) is 4.79 Å². The lowest BCUT2D eigenvalue weighted by Gasteiger charge is -2.14. The van der Waals surface area contributed by atoms with Gasteiger partial charge in [0.25, 0.3) is 5.91 Å². The van der Waals surface area contributed by atoms with Crippen molar-refractivity contribution >= 4 is 21.8 Å². The Bertz CT molecular complexity index is 391. The summed E-state index contributed by atoms with van der Waals surface area (Å²) in [5.74, 6) is -0.876. The van der Waals surface area contributed by atoms with Gasteiger partial charge in [0.1, 0.15) is 0 Å². The van der Waals surface area contributed by atoms with Crippen molar-refractivity contribution in [2.24, 2.45) is 0 Å². The Morgan fingerprint density at radius 2 is 2.13 bits per heavy atom. The van der Waals surface area contributed by atoms with Crippen molar-refractivity contribution in [3.05, 3.63) is 28.2 Å². The fourth-order valence-electron chi connectivity index (χ4n) is 1.64. The highest BCUT2D eigenvalue weighted by Crippen LogP contribution is 2.16. The summed E-state index contributed by atoms with van der Waals surface area (Å²) in [5.41, 5.74) is -0.0832. The first kappa shape index (κ1) is 10.5. The number of rotatable bonds is 1. The van der Waals surface area contributed by atoms with Crippen LogP contribution < -0.4 is 0 Å². The molecule has 1 saturated heterocycles. The summed E-state index contributed by atoms with van der Waals surface area (Å²) in [6, 6.07) is 1.26. The van der Waals surface area contributed by atoms with E-state index >= 15 is 0 Å². The van der Waals surface area contributed by atoms with E-state index in [0.717, 1.165) is 12.8 Å². The molecule has 1 aliphatic rings. The van der Waals surface area contributed by atoms with E-state index in [0.29, 0.717) is 17.6 Å². The predicted octanol–water partition coefficient (Wildman–Crippen LogP) is 2.22. The van der Waals surface area contributed by atoms with Crippen LogP contribution in [-0.4, -0.2) is 28.9 Å². The number of carbonyl (C=O) groups excluding carboxylic acids is 1. The Morgan fingerprint density at radius 1 is 1.47 bits per heavy atom. The number of amides is 1. The van der Waals surface area contributed by atoms with Gasteiger partial charge in [-0.25, -0.2) is 9.37 Å². The van der Waals surface area contributed by atoms with Crippen molar-refractivity contribution in [1.29, 1.82) is 0 Å². The lowest BCUT2D eigenvalue weighted by atomic mass is 10.3. The maximum absolute atomic E-state index is 13.4. The summed E-state index contributed by atoms with van der Waals surface area (Å²) in [5, 5.41) is 0. The van der Waals surface area contributed by atoms with E-state index < -0.39 is 5.82 Å². The molecule has 2 rings (SSSR count). The molecule has 0 aliphatic carbocycles. The predicted molar refractivity (Wildman–Crippen MR) is 57.0 cm³/mol. The largest absolute Gasteiger partial charge is 0.337 e. The minimum atomic E-state index is -0.568. The second-order valence-corrected chi connectivity index (χ2v) is 4.40. The van der Waals surface area contributed by atoms with Crippen LogP contribution in [0.5, 0.6) is 0 Å². The fraction of sp³-hybridized carbons (Fsp3) is 0.400. The SMILES string of the molecule is O=C(c1ncc(Br)cc1F)N1CCCC1. The van der Waals surface area contributed by atoms with Crippen LogP contribution in [0.15, 0.2) is 16.7 Å². The standard InChI is InChI=1S/C10H10BrFN2O/c11-7-5-8(12)9(13-6-7)10(15)14-3-1-2-4-14/h5-6H,1-4H2. The molecule has 0 atom stereocenters. The van der Waals surface area contributed by atoms with Crippen molar-refractivity contribution in [1.82, 2.24) is 9.88 Å². The second kappa shape index (κ2) is 4.26. The average Bonchev–Trinajstić information content (AvgIpc) is 2.69. The second-order valence-electron chi connectivity index (χ2n) is 3.48. The molecule has 0 aromatic carbocycles. The van der Waals surface area contributed by atoms with E-state index in [4.69, 9.17) is 0 Å². The molecule has 0 N–H and O–H groups in total. The van der Waals surface area contributed by atoms with E-state index in [2.05, 4.69) is 20.9 Å². The molecule has 0 unspecified atom stereocenters. The van der Waals surface area contributed by atoms with E-state index in [1.54, 1.807) is 4.90 Å². The van der Waals surface area contributed by atoms with E-state index in [1.165, 1.54) is 12.3 Å². The Kier molecular flexibility index (Phi) is 3.00. The van der Waals surface area contributed by atoms with Crippen molar-refractivity contribution in [2.75, 3.05) is 13.1 Å². The van der Waals surface area contributed by atoms with Gasteiger partial charge in [0.2, 0.25) is 0 Å². The molecule has 5 heteroatoms. The Labute approximate surface area is 95.4 Å². The smallest absolute Gasteiger partial charge is 0.275 e. The molecular weight excluding hydrogens is 263 g/mol. The number of likely N-dealkylation sites (tertiary alicyclic amines) is 1. The molecule has 1 aliphatic heterocycles. The zero-order valence-electron chi connectivity index (χ0n) is 8.04. The Hall–Kier alpha value is -0.970. The van der Waals surface area contributed by atoms with E-state index in [1.807, 2.05) is 0 Å². The number of hydrogen-bond acceptors (Lipinski definition) is 2. The minimum Gasteiger partial charge on any atom is -0.337 e. The van der Waals surface area contributed by atoms with Gasteiger partial charge in [-0.1, -0.05) is 0 Å². The summed E-state index contributed by atoms with van der Waals surface area (Å²) in [7, 11) is 0. The highest BCUT2D eigenvalue weighted by Gasteiger charge is 2.23. The van der Waals surface area contributed by atoms with Gasteiger partial charge in [0.05, 0.1) is 0 Å². The molecule has 1 fully saturated rings. The normalized spacial score (nSPS) is 15.7. The first-order valence-electron chi connectivity index (χ1n) is 4.79. The van der Waals surface area contributed by atoms with Gasteiger partial charge in [-0.2, -0.15) is 0 Å². The quantitative estimate of drug-likeness (QED) is 0.786. The van der Waals surface area contributed by atoms with Crippen LogP contribution in [0.3, 0.4) is 0 Å². The third-order valence-electron chi connectivity index (χ3n) is 2.40. The van der Waals surface area contributed by atoms with Crippen LogP contribution in [0, 0.1) is 5.82 Å². The number of pyridine rings is 1. The lowest BCUT2D eigenvalue weighted by molar-refractivity contribution is 0.0782. The fourth-order valence-corrected chi connectivity index (χ4v) is 1.95. The van der Waals surface area contributed by atoms with Crippen LogP contribution in [0.2, 0.25) is 0 Å². The number of hydrogen-bond donors (Lipinski definition) is 0. The first-order chi connectivity index (χ1) is 7.18. The molecule has 0 bridgehead atoms. The van der Waals surface area contributed by atoms with E-state index in [-0.39, 0.29) is 11.6 Å². The lowest BCUT2D eigenvalue weighted by Crippen LogP contribution is -2.29. The number of nitrogens with zero attached hydrogens (tertiary/aromatic N) is 2. The zero-order valence-corrected chi connectivity index (χ0v) is 9.63. The Morgan fingerprint density at radius 3 is 2.73 bits per heavy atom. The molecule has 15 heavy (non-hydrogen) atoms. The van der Waals surface area contributed by atoms with Crippen LogP contribution in [0.4, 0.5) is 4.39 Å². The van der Waals surface area contributed by atoms with Gasteiger partial charge in [0, 0.05) is 23.8 Å². The third kappa shape index (κ3) is 2.17. The topological polar surface area (TPSA) is 33.2 Å². The molecule has 3 nitrogen and oxygen atoms in total. The minimum absolute atomic E-state index is 0.0832. The van der Waals surface area contributed by atoms with Gasteiger partial charge in [-0.15, -0.1) is 0 Å². The maximum Gasteiger partial charge on any atom is 0.275 e. The van der Waals surface area contributed by atoms with Crippen LogP contribution in [0.25, 0.3) is 0 Å². The van der Waals surface area contributed by atoms with Crippen molar-refractivity contribution < 1.29 is 9.18 Å². The summed E-state index contributed by atoms with van der Waals surface area (Å²) in [6.45, 7) is 1.41. The first-order valence-corrected chi connectivity index (χ1v) is 5.58. The number of aromatic nitrogens is 1. The van der Waals surface area contributed by atoms with Crippen molar-refractivity contribution in [3.63, 3.8) is 0 Å². The molecule has 1 amide bonds. The van der Waals surface area contributed by atoms with Gasteiger partial charge >= 0.3 is 0 Å². The van der Waals surface area contributed by atoms with Crippen molar-refractivity contribution in [2.45, 2.75) is 12.8 Å². The summed E-state index contributed by atoms with van der Waals surface area (Å²) < 4.78 is 14.0. The molecule has 0 saturated carbocycles. The van der Waals surface area contributed by atoms with Crippen LogP contribution in [-0.2, 0) is 0 Å². The maximum atomic E-state index is 13.4. The highest BCUT2D eigenvalue weighted by atomic mass is 79.9. The molecule has 0 radical (unpaired) electrons. The molecular formula is C10H10BrFN2O. The molecule has 2 heterocycles. The van der Waals surface area contributed by atoms with Gasteiger partial charge in [0.15, 0.2) is 11.5 Å². The summed E-state index contributed by atoms with van der Waals surface area (Å²) in [4.78, 5) is 17.2. The molecule has 80 valence electrons. The number of halogens is 2. The average molecular weight is 273 g/mol. The summed E-state index contributed by atoms with van der Waals surface area (Å²) >= 11 is 3.10.